The molecule has 1 rings (SSSR count). The topological polar surface area (TPSA) is 29.9 Å². The highest BCUT2D eigenvalue weighted by Gasteiger charge is 2.11. The second-order valence-corrected chi connectivity index (χ2v) is 3.43. The zero-order chi connectivity index (χ0) is 9.84. The first-order chi connectivity index (χ1) is 6.15. The molecule has 0 spiro atoms. The molecule has 1 unspecified atom stereocenters. The first kappa shape index (κ1) is 9.99. The molecule has 1 N–H and O–H groups in total. The fourth-order valence-electron chi connectivity index (χ4n) is 1.41. The molecule has 0 radical (unpaired) electrons. The number of hydrogen-bond acceptors (Lipinski definition) is 2. The van der Waals surface area contributed by atoms with Crippen LogP contribution in [0.3, 0.4) is 0 Å². The number of imidazole rings is 1. The fraction of sp³-hybridized carbons (Fsp3) is 0.500. The van der Waals surface area contributed by atoms with Crippen LogP contribution in [0, 0.1) is 0 Å². The van der Waals surface area contributed by atoms with Gasteiger partial charge in [-0.15, -0.1) is 6.58 Å². The lowest BCUT2D eigenvalue weighted by Gasteiger charge is -2.16. The molecule has 0 aliphatic rings. The van der Waals surface area contributed by atoms with E-state index in [1.165, 1.54) is 11.3 Å². The molecule has 3 heteroatoms. The molecule has 0 fully saturated rings. The van der Waals surface area contributed by atoms with Gasteiger partial charge in [0.15, 0.2) is 0 Å². The molecular formula is C10H17N3. The van der Waals surface area contributed by atoms with Gasteiger partial charge in [0.1, 0.15) is 0 Å². The van der Waals surface area contributed by atoms with Crippen LogP contribution in [0.5, 0.6) is 0 Å². The average molecular weight is 179 g/mol. The van der Waals surface area contributed by atoms with Crippen LogP contribution in [0.1, 0.15) is 25.1 Å². The molecular weight excluding hydrogens is 162 g/mol. The summed E-state index contributed by atoms with van der Waals surface area (Å²) in [5, 5.41) is 3.25. The molecule has 1 heterocycles. The van der Waals surface area contributed by atoms with E-state index in [2.05, 4.69) is 16.9 Å². The lowest BCUT2D eigenvalue weighted by atomic mass is 10.1. The molecule has 0 amide bonds. The maximum atomic E-state index is 4.09. The van der Waals surface area contributed by atoms with E-state index in [-0.39, 0.29) is 0 Å². The van der Waals surface area contributed by atoms with E-state index < -0.39 is 0 Å². The van der Waals surface area contributed by atoms with Gasteiger partial charge in [-0.05, 0) is 20.4 Å². The molecule has 72 valence electrons. The minimum absolute atomic E-state index is 0.324. The summed E-state index contributed by atoms with van der Waals surface area (Å²) in [6.07, 6.45) is 4.66. The predicted octanol–water partition coefficient (Wildman–Crippen LogP) is 1.65. The van der Waals surface area contributed by atoms with Gasteiger partial charge in [0, 0.05) is 13.2 Å². The van der Waals surface area contributed by atoms with Crippen molar-refractivity contribution >= 4 is 0 Å². The third-order valence-electron chi connectivity index (χ3n) is 2.11. The second-order valence-electron chi connectivity index (χ2n) is 3.43. The van der Waals surface area contributed by atoms with E-state index in [9.17, 15) is 0 Å². The summed E-state index contributed by atoms with van der Waals surface area (Å²) in [7, 11) is 3.96. The summed E-state index contributed by atoms with van der Waals surface area (Å²) < 4.78 is 2.03. The number of hydrogen-bond donors (Lipinski definition) is 1. The third-order valence-corrected chi connectivity index (χ3v) is 2.11. The van der Waals surface area contributed by atoms with E-state index in [1.54, 1.807) is 0 Å². The largest absolute Gasteiger partial charge is 0.336 e. The van der Waals surface area contributed by atoms with Gasteiger partial charge >= 0.3 is 0 Å². The molecule has 0 saturated carbocycles. The van der Waals surface area contributed by atoms with E-state index in [0.717, 1.165) is 6.42 Å². The van der Waals surface area contributed by atoms with E-state index in [4.69, 9.17) is 0 Å². The van der Waals surface area contributed by atoms with Gasteiger partial charge in [0.05, 0.1) is 18.1 Å². The van der Waals surface area contributed by atoms with Gasteiger partial charge in [-0.1, -0.05) is 5.57 Å². The monoisotopic (exact) mass is 179 g/mol. The van der Waals surface area contributed by atoms with Crippen molar-refractivity contribution < 1.29 is 0 Å². The highest BCUT2D eigenvalue weighted by Crippen LogP contribution is 2.18. The molecule has 13 heavy (non-hydrogen) atoms. The van der Waals surface area contributed by atoms with Crippen LogP contribution in [0.25, 0.3) is 0 Å². The van der Waals surface area contributed by atoms with Crippen molar-refractivity contribution in [1.29, 1.82) is 0 Å². The maximum Gasteiger partial charge on any atom is 0.0946 e. The molecule has 0 aliphatic heterocycles. The van der Waals surface area contributed by atoms with Gasteiger partial charge in [-0.2, -0.15) is 0 Å². The zero-order valence-corrected chi connectivity index (χ0v) is 8.54. The Kier molecular flexibility index (Phi) is 3.25. The summed E-state index contributed by atoms with van der Waals surface area (Å²) in [5.74, 6) is 0. The minimum Gasteiger partial charge on any atom is -0.336 e. The predicted molar refractivity (Wildman–Crippen MR) is 54.4 cm³/mol. The molecule has 1 aromatic rings. The molecule has 0 aliphatic carbocycles. The summed E-state index contributed by atoms with van der Waals surface area (Å²) >= 11 is 0. The Labute approximate surface area is 79.5 Å². The number of rotatable bonds is 4. The van der Waals surface area contributed by atoms with Crippen molar-refractivity contribution in [2.75, 3.05) is 7.05 Å². The van der Waals surface area contributed by atoms with E-state index in [0.29, 0.717) is 6.04 Å². The standard InChI is InChI=1S/C10H17N3/c1-8(2)5-9(11-3)10-6-12-7-13(10)4/h6-7,9,11H,1,5H2,2-4H3. The first-order valence-electron chi connectivity index (χ1n) is 4.43. The van der Waals surface area contributed by atoms with Gasteiger partial charge in [-0.3, -0.25) is 0 Å². The van der Waals surface area contributed by atoms with Crippen molar-refractivity contribution in [1.82, 2.24) is 14.9 Å². The van der Waals surface area contributed by atoms with Crippen LogP contribution in [0.15, 0.2) is 24.7 Å². The van der Waals surface area contributed by atoms with Crippen molar-refractivity contribution in [2.45, 2.75) is 19.4 Å². The quantitative estimate of drug-likeness (QED) is 0.712. The molecule has 0 aromatic carbocycles. The van der Waals surface area contributed by atoms with Gasteiger partial charge in [0.2, 0.25) is 0 Å². The number of nitrogens with zero attached hydrogens (tertiary/aromatic N) is 2. The summed E-state index contributed by atoms with van der Waals surface area (Å²) in [5.41, 5.74) is 2.38. The van der Waals surface area contributed by atoms with Crippen molar-refractivity contribution in [2.24, 2.45) is 7.05 Å². The van der Waals surface area contributed by atoms with Crippen molar-refractivity contribution in [3.8, 4) is 0 Å². The molecule has 0 bridgehead atoms. The second kappa shape index (κ2) is 4.23. The average Bonchev–Trinajstić information content (AvgIpc) is 2.47. The Morgan fingerprint density at radius 1 is 1.77 bits per heavy atom. The number of nitrogens with one attached hydrogen (secondary N) is 1. The number of aromatic nitrogens is 2. The zero-order valence-electron chi connectivity index (χ0n) is 8.54. The maximum absolute atomic E-state index is 4.09. The van der Waals surface area contributed by atoms with Crippen LogP contribution < -0.4 is 5.32 Å². The Morgan fingerprint density at radius 3 is 2.85 bits per heavy atom. The fourth-order valence-corrected chi connectivity index (χ4v) is 1.41. The molecule has 3 nitrogen and oxygen atoms in total. The highest BCUT2D eigenvalue weighted by molar-refractivity contribution is 5.08. The molecule has 1 aromatic heterocycles. The van der Waals surface area contributed by atoms with Gasteiger partial charge in [-0.25, -0.2) is 4.98 Å². The normalized spacial score (nSPS) is 12.8. The third kappa shape index (κ3) is 2.42. The van der Waals surface area contributed by atoms with Crippen LogP contribution in [0.4, 0.5) is 0 Å². The SMILES string of the molecule is C=C(C)CC(NC)c1cncn1C. The lowest BCUT2D eigenvalue weighted by molar-refractivity contribution is 0.553. The van der Waals surface area contributed by atoms with Gasteiger partial charge < -0.3 is 9.88 Å². The summed E-state index contributed by atoms with van der Waals surface area (Å²) in [6, 6.07) is 0.324. The van der Waals surface area contributed by atoms with Crippen LogP contribution in [-0.4, -0.2) is 16.6 Å². The summed E-state index contributed by atoms with van der Waals surface area (Å²) in [4.78, 5) is 4.09. The Morgan fingerprint density at radius 2 is 2.46 bits per heavy atom. The number of aryl methyl sites for hydroxylation is 1. The summed E-state index contributed by atoms with van der Waals surface area (Å²) in [6.45, 7) is 5.96. The van der Waals surface area contributed by atoms with E-state index in [1.807, 2.05) is 38.1 Å². The van der Waals surface area contributed by atoms with Crippen LogP contribution >= 0.6 is 0 Å². The van der Waals surface area contributed by atoms with Crippen molar-refractivity contribution in [3.63, 3.8) is 0 Å². The molecule has 0 saturated heterocycles. The van der Waals surface area contributed by atoms with Crippen LogP contribution in [-0.2, 0) is 7.05 Å². The van der Waals surface area contributed by atoms with E-state index >= 15 is 0 Å². The van der Waals surface area contributed by atoms with Crippen molar-refractivity contribution in [3.05, 3.63) is 30.4 Å². The Balaban J connectivity index is 2.78. The minimum atomic E-state index is 0.324. The van der Waals surface area contributed by atoms with Gasteiger partial charge in [0.25, 0.3) is 0 Å². The Bertz CT molecular complexity index is 288. The Hall–Kier alpha value is -1.09. The lowest BCUT2D eigenvalue weighted by Crippen LogP contribution is -2.19. The van der Waals surface area contributed by atoms with Crippen LogP contribution in [0.2, 0.25) is 0 Å². The molecule has 1 atom stereocenters. The smallest absolute Gasteiger partial charge is 0.0946 e. The first-order valence-corrected chi connectivity index (χ1v) is 4.43. The highest BCUT2D eigenvalue weighted by atomic mass is 15.1.